The molecule has 2 aromatic rings. The number of nitrogens with zero attached hydrogens (tertiary/aromatic N) is 4. The van der Waals surface area contributed by atoms with Crippen molar-refractivity contribution in [3.63, 3.8) is 0 Å². The van der Waals surface area contributed by atoms with Crippen LogP contribution in [0.2, 0.25) is 0 Å². The first-order valence-electron chi connectivity index (χ1n) is 8.26. The Labute approximate surface area is 146 Å². The van der Waals surface area contributed by atoms with E-state index in [1.807, 2.05) is 28.9 Å². The predicted octanol–water partition coefficient (Wildman–Crippen LogP) is 3.12. The molecule has 1 saturated heterocycles. The SMILES string of the molecule is CC(C)c1ccc(C(=O)CSc2nnnn2C2CCOCC2)cc1. The Morgan fingerprint density at radius 3 is 2.67 bits per heavy atom. The van der Waals surface area contributed by atoms with E-state index in [2.05, 4.69) is 29.4 Å². The van der Waals surface area contributed by atoms with Gasteiger partial charge in [-0.3, -0.25) is 4.79 Å². The summed E-state index contributed by atoms with van der Waals surface area (Å²) in [6.07, 6.45) is 1.81. The standard InChI is InChI=1S/C17H22N4O2S/c1-12(2)13-3-5-14(6-4-13)16(22)11-24-17-18-19-20-21(17)15-7-9-23-10-8-15/h3-6,12,15H,7-11H2,1-2H3. The Kier molecular flexibility index (Phi) is 5.63. The summed E-state index contributed by atoms with van der Waals surface area (Å²) in [7, 11) is 0. The first-order valence-corrected chi connectivity index (χ1v) is 9.25. The van der Waals surface area contributed by atoms with E-state index < -0.39 is 0 Å². The zero-order chi connectivity index (χ0) is 16.9. The third-order valence-electron chi connectivity index (χ3n) is 4.23. The van der Waals surface area contributed by atoms with E-state index in [1.165, 1.54) is 17.3 Å². The van der Waals surface area contributed by atoms with Gasteiger partial charge in [0.15, 0.2) is 5.78 Å². The molecule has 24 heavy (non-hydrogen) atoms. The average molecular weight is 346 g/mol. The molecule has 0 saturated carbocycles. The summed E-state index contributed by atoms with van der Waals surface area (Å²) >= 11 is 1.40. The van der Waals surface area contributed by atoms with E-state index in [0.717, 1.165) is 31.6 Å². The highest BCUT2D eigenvalue weighted by atomic mass is 32.2. The van der Waals surface area contributed by atoms with E-state index in [0.29, 0.717) is 16.8 Å². The molecule has 0 N–H and O–H groups in total. The Morgan fingerprint density at radius 2 is 2.00 bits per heavy atom. The number of carbonyl (C=O) groups is 1. The highest BCUT2D eigenvalue weighted by molar-refractivity contribution is 7.99. The van der Waals surface area contributed by atoms with Crippen molar-refractivity contribution in [2.45, 2.75) is 43.8 Å². The molecule has 0 atom stereocenters. The molecule has 1 aromatic heterocycles. The van der Waals surface area contributed by atoms with Gasteiger partial charge in [-0.05, 0) is 34.7 Å². The largest absolute Gasteiger partial charge is 0.381 e. The molecule has 2 heterocycles. The smallest absolute Gasteiger partial charge is 0.210 e. The summed E-state index contributed by atoms with van der Waals surface area (Å²) in [5.41, 5.74) is 1.97. The van der Waals surface area contributed by atoms with Gasteiger partial charge in [0.25, 0.3) is 0 Å². The number of hydrogen-bond donors (Lipinski definition) is 0. The summed E-state index contributed by atoms with van der Waals surface area (Å²) in [5.74, 6) is 0.898. The van der Waals surface area contributed by atoms with E-state index in [4.69, 9.17) is 4.74 Å². The number of benzene rings is 1. The van der Waals surface area contributed by atoms with Gasteiger partial charge in [0.1, 0.15) is 0 Å². The number of aromatic nitrogens is 4. The van der Waals surface area contributed by atoms with Crippen molar-refractivity contribution in [2.75, 3.05) is 19.0 Å². The number of tetrazole rings is 1. The molecule has 128 valence electrons. The molecule has 0 spiro atoms. The molecule has 0 bridgehead atoms. The fourth-order valence-corrected chi connectivity index (χ4v) is 3.55. The lowest BCUT2D eigenvalue weighted by atomic mass is 10.0. The summed E-state index contributed by atoms with van der Waals surface area (Å²) in [6, 6.07) is 8.11. The van der Waals surface area contributed by atoms with Crippen molar-refractivity contribution in [2.24, 2.45) is 0 Å². The lowest BCUT2D eigenvalue weighted by Crippen LogP contribution is -2.21. The van der Waals surface area contributed by atoms with Crippen LogP contribution in [-0.4, -0.2) is 45.0 Å². The van der Waals surface area contributed by atoms with Crippen molar-refractivity contribution < 1.29 is 9.53 Å². The first-order chi connectivity index (χ1) is 11.6. The highest BCUT2D eigenvalue weighted by Crippen LogP contribution is 2.25. The second kappa shape index (κ2) is 7.90. The molecule has 1 fully saturated rings. The molecule has 0 radical (unpaired) electrons. The third kappa shape index (κ3) is 4.02. The normalized spacial score (nSPS) is 15.8. The summed E-state index contributed by atoms with van der Waals surface area (Å²) in [4.78, 5) is 12.4. The average Bonchev–Trinajstić information content (AvgIpc) is 3.09. The Hall–Kier alpha value is -1.73. The second-order valence-electron chi connectivity index (χ2n) is 6.24. The Morgan fingerprint density at radius 1 is 1.29 bits per heavy atom. The van der Waals surface area contributed by atoms with Gasteiger partial charge in [-0.25, -0.2) is 4.68 Å². The van der Waals surface area contributed by atoms with Crippen molar-refractivity contribution in [1.29, 1.82) is 0 Å². The zero-order valence-corrected chi connectivity index (χ0v) is 14.8. The third-order valence-corrected chi connectivity index (χ3v) is 5.16. The minimum absolute atomic E-state index is 0.0943. The van der Waals surface area contributed by atoms with Gasteiger partial charge >= 0.3 is 0 Å². The number of hydrogen-bond acceptors (Lipinski definition) is 6. The lowest BCUT2D eigenvalue weighted by Gasteiger charge is -2.22. The Bertz CT molecular complexity index is 678. The van der Waals surface area contributed by atoms with E-state index in [1.54, 1.807) is 0 Å². The fraction of sp³-hybridized carbons (Fsp3) is 0.529. The van der Waals surface area contributed by atoms with Crippen LogP contribution in [0.1, 0.15) is 54.6 Å². The van der Waals surface area contributed by atoms with Gasteiger partial charge in [0.2, 0.25) is 5.16 Å². The number of rotatable bonds is 6. The van der Waals surface area contributed by atoms with Crippen LogP contribution in [0, 0.1) is 0 Å². The van der Waals surface area contributed by atoms with Crippen molar-refractivity contribution in [3.05, 3.63) is 35.4 Å². The van der Waals surface area contributed by atoms with Gasteiger partial charge in [-0.1, -0.05) is 49.9 Å². The topological polar surface area (TPSA) is 69.9 Å². The minimum Gasteiger partial charge on any atom is -0.381 e. The van der Waals surface area contributed by atoms with Crippen molar-refractivity contribution in [1.82, 2.24) is 20.2 Å². The Balaban J connectivity index is 1.61. The van der Waals surface area contributed by atoms with E-state index in [9.17, 15) is 4.79 Å². The predicted molar refractivity (Wildman–Crippen MR) is 92.5 cm³/mol. The quantitative estimate of drug-likeness (QED) is 0.591. The molecule has 0 unspecified atom stereocenters. The van der Waals surface area contributed by atoms with Gasteiger partial charge in [0, 0.05) is 18.8 Å². The number of thioether (sulfide) groups is 1. The van der Waals surface area contributed by atoms with Crippen LogP contribution < -0.4 is 0 Å². The number of carbonyl (C=O) groups excluding carboxylic acids is 1. The molecule has 1 aliphatic rings. The minimum atomic E-state index is 0.0943. The van der Waals surface area contributed by atoms with Crippen molar-refractivity contribution >= 4 is 17.5 Å². The van der Waals surface area contributed by atoms with Gasteiger partial charge in [-0.15, -0.1) is 5.10 Å². The molecule has 0 amide bonds. The van der Waals surface area contributed by atoms with Gasteiger partial charge < -0.3 is 4.74 Å². The van der Waals surface area contributed by atoms with Crippen LogP contribution in [0.3, 0.4) is 0 Å². The molecule has 6 nitrogen and oxygen atoms in total. The molecule has 1 aliphatic heterocycles. The maximum absolute atomic E-state index is 12.4. The molecular weight excluding hydrogens is 324 g/mol. The maximum atomic E-state index is 12.4. The van der Waals surface area contributed by atoms with Crippen LogP contribution in [-0.2, 0) is 4.74 Å². The summed E-state index contributed by atoms with van der Waals surface area (Å²) in [5, 5.41) is 12.6. The van der Waals surface area contributed by atoms with E-state index >= 15 is 0 Å². The summed E-state index contributed by atoms with van der Waals surface area (Å²) < 4.78 is 7.21. The molecule has 0 aliphatic carbocycles. The van der Waals surface area contributed by atoms with Crippen LogP contribution >= 0.6 is 11.8 Å². The first kappa shape index (κ1) is 17.1. The number of ketones is 1. The number of ether oxygens (including phenoxy) is 1. The van der Waals surface area contributed by atoms with Crippen LogP contribution in [0.4, 0.5) is 0 Å². The zero-order valence-electron chi connectivity index (χ0n) is 14.0. The molecule has 3 rings (SSSR count). The summed E-state index contributed by atoms with van der Waals surface area (Å²) in [6.45, 7) is 5.75. The van der Waals surface area contributed by atoms with Crippen molar-refractivity contribution in [3.8, 4) is 0 Å². The molecular formula is C17H22N4O2S. The molecule has 1 aromatic carbocycles. The van der Waals surface area contributed by atoms with Gasteiger partial charge in [-0.2, -0.15) is 0 Å². The second-order valence-corrected chi connectivity index (χ2v) is 7.18. The maximum Gasteiger partial charge on any atom is 0.210 e. The van der Waals surface area contributed by atoms with Crippen LogP contribution in [0.5, 0.6) is 0 Å². The number of Topliss-reactive ketones (excluding diaryl/α,β-unsaturated/α-hetero) is 1. The fourth-order valence-electron chi connectivity index (χ4n) is 2.71. The van der Waals surface area contributed by atoms with Crippen LogP contribution in [0.15, 0.2) is 29.4 Å². The molecule has 7 heteroatoms. The van der Waals surface area contributed by atoms with E-state index in [-0.39, 0.29) is 11.8 Å². The van der Waals surface area contributed by atoms with Gasteiger partial charge in [0.05, 0.1) is 11.8 Å². The van der Waals surface area contributed by atoms with Crippen LogP contribution in [0.25, 0.3) is 0 Å². The monoisotopic (exact) mass is 346 g/mol. The highest BCUT2D eigenvalue weighted by Gasteiger charge is 2.21. The lowest BCUT2D eigenvalue weighted by molar-refractivity contribution is 0.0631.